The van der Waals surface area contributed by atoms with Gasteiger partial charge in [-0.15, -0.1) is 0 Å². The van der Waals surface area contributed by atoms with Crippen molar-refractivity contribution in [3.63, 3.8) is 0 Å². The number of hydrogen-bond acceptors (Lipinski definition) is 3. The molecule has 98 valence electrons. The lowest BCUT2D eigenvalue weighted by atomic mass is 9.83. The van der Waals surface area contributed by atoms with Crippen molar-refractivity contribution < 1.29 is 13.5 Å². The van der Waals surface area contributed by atoms with Crippen molar-refractivity contribution in [3.8, 4) is 0 Å². The molecule has 0 spiro atoms. The Bertz CT molecular complexity index is 281. The Kier molecular flexibility index (Phi) is 5.98. The SMILES string of the molecule is CC(C)CC(O)(CCS(C)(=O)=O)CC(C)C. The highest BCUT2D eigenvalue weighted by Gasteiger charge is 2.29. The van der Waals surface area contributed by atoms with Gasteiger partial charge >= 0.3 is 0 Å². The summed E-state index contributed by atoms with van der Waals surface area (Å²) in [6, 6.07) is 0. The van der Waals surface area contributed by atoms with Gasteiger partial charge in [-0.05, 0) is 31.1 Å². The third kappa shape index (κ3) is 8.11. The smallest absolute Gasteiger partial charge is 0.147 e. The summed E-state index contributed by atoms with van der Waals surface area (Å²) < 4.78 is 22.3. The van der Waals surface area contributed by atoms with E-state index in [4.69, 9.17) is 0 Å². The van der Waals surface area contributed by atoms with E-state index in [-0.39, 0.29) is 5.75 Å². The van der Waals surface area contributed by atoms with Gasteiger partial charge in [0.2, 0.25) is 0 Å². The Morgan fingerprint density at radius 2 is 1.44 bits per heavy atom. The maximum atomic E-state index is 11.1. The quantitative estimate of drug-likeness (QED) is 0.754. The normalized spacial score (nSPS) is 13.8. The molecule has 0 saturated heterocycles. The first-order valence-electron chi connectivity index (χ1n) is 5.94. The molecule has 0 heterocycles. The fraction of sp³-hybridized carbons (Fsp3) is 1.00. The second-order valence-corrected chi connectivity index (χ2v) is 8.06. The van der Waals surface area contributed by atoms with E-state index >= 15 is 0 Å². The lowest BCUT2D eigenvalue weighted by molar-refractivity contribution is -0.00233. The van der Waals surface area contributed by atoms with Crippen LogP contribution in [0.15, 0.2) is 0 Å². The molecule has 0 rings (SSSR count). The minimum atomic E-state index is -2.99. The molecule has 0 aromatic carbocycles. The van der Waals surface area contributed by atoms with Crippen molar-refractivity contribution in [1.29, 1.82) is 0 Å². The molecule has 0 aliphatic rings. The van der Waals surface area contributed by atoms with Crippen LogP contribution in [0.4, 0.5) is 0 Å². The summed E-state index contributed by atoms with van der Waals surface area (Å²) in [4.78, 5) is 0. The van der Waals surface area contributed by atoms with Gasteiger partial charge in [-0.3, -0.25) is 0 Å². The van der Waals surface area contributed by atoms with Crippen LogP contribution in [0.25, 0.3) is 0 Å². The molecule has 4 heteroatoms. The third-order valence-electron chi connectivity index (χ3n) is 2.51. The van der Waals surface area contributed by atoms with Crippen molar-refractivity contribution >= 4 is 9.84 Å². The molecule has 0 aliphatic carbocycles. The molecule has 0 radical (unpaired) electrons. The van der Waals surface area contributed by atoms with E-state index in [2.05, 4.69) is 0 Å². The fourth-order valence-electron chi connectivity index (χ4n) is 2.18. The molecule has 0 aromatic heterocycles. The zero-order valence-electron chi connectivity index (χ0n) is 11.2. The van der Waals surface area contributed by atoms with E-state index in [0.29, 0.717) is 31.1 Å². The van der Waals surface area contributed by atoms with Crippen molar-refractivity contribution in [3.05, 3.63) is 0 Å². The van der Waals surface area contributed by atoms with E-state index in [1.54, 1.807) is 0 Å². The molecule has 16 heavy (non-hydrogen) atoms. The Balaban J connectivity index is 4.53. The molecule has 0 atom stereocenters. The van der Waals surface area contributed by atoms with Crippen LogP contribution >= 0.6 is 0 Å². The molecule has 0 aromatic rings. The first-order valence-corrected chi connectivity index (χ1v) is 8.00. The Morgan fingerprint density at radius 3 is 1.69 bits per heavy atom. The molecule has 0 saturated carbocycles. The number of sulfone groups is 1. The summed E-state index contributed by atoms with van der Waals surface area (Å²) in [5, 5.41) is 10.5. The molecular formula is C12H26O3S. The maximum Gasteiger partial charge on any atom is 0.147 e. The summed E-state index contributed by atoms with van der Waals surface area (Å²) in [6.45, 7) is 8.19. The van der Waals surface area contributed by atoms with Crippen LogP contribution < -0.4 is 0 Å². The topological polar surface area (TPSA) is 54.4 Å². The molecule has 0 amide bonds. The predicted octanol–water partition coefficient (Wildman–Crippen LogP) is 2.24. The number of aliphatic hydroxyl groups is 1. The van der Waals surface area contributed by atoms with Crippen molar-refractivity contribution in [1.82, 2.24) is 0 Å². The summed E-state index contributed by atoms with van der Waals surface area (Å²) in [5.74, 6) is 0.828. The molecule has 0 bridgehead atoms. The lowest BCUT2D eigenvalue weighted by Gasteiger charge is -2.31. The molecule has 0 fully saturated rings. The van der Waals surface area contributed by atoms with Crippen molar-refractivity contribution in [2.75, 3.05) is 12.0 Å². The van der Waals surface area contributed by atoms with Gasteiger partial charge in [0.1, 0.15) is 9.84 Å². The van der Waals surface area contributed by atoms with E-state index in [1.807, 2.05) is 27.7 Å². The second kappa shape index (κ2) is 6.01. The summed E-state index contributed by atoms with van der Waals surface area (Å²) in [5.41, 5.74) is -0.828. The largest absolute Gasteiger partial charge is 0.390 e. The van der Waals surface area contributed by atoms with Gasteiger partial charge in [0.25, 0.3) is 0 Å². The van der Waals surface area contributed by atoms with Crippen molar-refractivity contribution in [2.45, 2.75) is 52.6 Å². The lowest BCUT2D eigenvalue weighted by Crippen LogP contribution is -2.34. The van der Waals surface area contributed by atoms with Crippen LogP contribution in [-0.2, 0) is 9.84 Å². The highest BCUT2D eigenvalue weighted by molar-refractivity contribution is 7.90. The number of rotatable bonds is 7. The maximum absolute atomic E-state index is 11.1. The first-order chi connectivity index (χ1) is 7.04. The van der Waals surface area contributed by atoms with Crippen LogP contribution in [0.5, 0.6) is 0 Å². The van der Waals surface area contributed by atoms with E-state index in [0.717, 1.165) is 0 Å². The zero-order valence-corrected chi connectivity index (χ0v) is 12.0. The summed E-state index contributed by atoms with van der Waals surface area (Å²) in [7, 11) is -2.99. The van der Waals surface area contributed by atoms with Gasteiger partial charge in [0.05, 0.1) is 11.4 Å². The van der Waals surface area contributed by atoms with Gasteiger partial charge in [0, 0.05) is 6.26 Å². The van der Waals surface area contributed by atoms with Gasteiger partial charge in [0.15, 0.2) is 0 Å². The van der Waals surface area contributed by atoms with Crippen LogP contribution in [0.2, 0.25) is 0 Å². The summed E-state index contributed by atoms with van der Waals surface area (Å²) >= 11 is 0. The van der Waals surface area contributed by atoms with Gasteiger partial charge in [-0.25, -0.2) is 8.42 Å². The van der Waals surface area contributed by atoms with Gasteiger partial charge < -0.3 is 5.11 Å². The second-order valence-electron chi connectivity index (χ2n) is 5.80. The Hall–Kier alpha value is -0.0900. The fourth-order valence-corrected chi connectivity index (χ4v) is 2.93. The zero-order chi connectivity index (χ0) is 13.0. The van der Waals surface area contributed by atoms with Crippen LogP contribution in [0.1, 0.15) is 47.0 Å². The monoisotopic (exact) mass is 250 g/mol. The molecule has 0 unspecified atom stereocenters. The molecule has 1 N–H and O–H groups in total. The predicted molar refractivity (Wildman–Crippen MR) is 68.2 cm³/mol. The Labute approximate surface area is 100 Å². The van der Waals surface area contributed by atoms with E-state index in [1.165, 1.54) is 6.26 Å². The van der Waals surface area contributed by atoms with Crippen LogP contribution in [0.3, 0.4) is 0 Å². The molecule has 3 nitrogen and oxygen atoms in total. The number of hydrogen-bond donors (Lipinski definition) is 1. The van der Waals surface area contributed by atoms with E-state index < -0.39 is 15.4 Å². The average Bonchev–Trinajstić information content (AvgIpc) is 1.96. The Morgan fingerprint density at radius 1 is 1.06 bits per heavy atom. The molecule has 0 aliphatic heterocycles. The van der Waals surface area contributed by atoms with E-state index in [9.17, 15) is 13.5 Å². The molecular weight excluding hydrogens is 224 g/mol. The average molecular weight is 250 g/mol. The van der Waals surface area contributed by atoms with Gasteiger partial charge in [-0.2, -0.15) is 0 Å². The minimum absolute atomic E-state index is 0.0724. The third-order valence-corrected chi connectivity index (χ3v) is 3.46. The minimum Gasteiger partial charge on any atom is -0.390 e. The van der Waals surface area contributed by atoms with Crippen LogP contribution in [0, 0.1) is 11.8 Å². The first kappa shape index (κ1) is 15.9. The highest BCUT2D eigenvalue weighted by Crippen LogP contribution is 2.28. The van der Waals surface area contributed by atoms with Crippen LogP contribution in [-0.4, -0.2) is 31.1 Å². The van der Waals surface area contributed by atoms with Gasteiger partial charge in [-0.1, -0.05) is 27.7 Å². The van der Waals surface area contributed by atoms with Crippen molar-refractivity contribution in [2.24, 2.45) is 11.8 Å². The standard InChI is InChI=1S/C12H26O3S/c1-10(2)8-12(13,9-11(3)4)6-7-16(5,14)15/h10-11,13H,6-9H2,1-5H3. The summed E-state index contributed by atoms with van der Waals surface area (Å²) in [6.07, 6.45) is 2.90. The highest BCUT2D eigenvalue weighted by atomic mass is 32.2.